The molecule has 0 aliphatic carbocycles. The van der Waals surface area contributed by atoms with Crippen molar-refractivity contribution in [3.63, 3.8) is 0 Å². The fourth-order valence-corrected chi connectivity index (χ4v) is 1.99. The molecule has 0 amide bonds. The van der Waals surface area contributed by atoms with E-state index in [9.17, 15) is 9.18 Å². The average molecular weight is 292 g/mol. The molecule has 5 nitrogen and oxygen atoms in total. The number of hydrogen-bond donors (Lipinski definition) is 0. The number of hydrogen-bond acceptors (Lipinski definition) is 4. The molecule has 0 bridgehead atoms. The number of aryl methyl sites for hydroxylation is 1. The first-order valence-electron chi connectivity index (χ1n) is 6.69. The summed E-state index contributed by atoms with van der Waals surface area (Å²) in [5.74, 6) is -0.491. The molecule has 0 atom stereocenters. The van der Waals surface area contributed by atoms with Gasteiger partial charge in [0.25, 0.3) is 0 Å². The Kier molecular flexibility index (Phi) is 4.57. The highest BCUT2D eigenvalue weighted by atomic mass is 19.1. The normalized spacial score (nSPS) is 10.5. The number of rotatable bonds is 5. The number of halogens is 1. The highest BCUT2D eigenvalue weighted by Crippen LogP contribution is 2.26. The molecule has 2 aromatic rings. The van der Waals surface area contributed by atoms with Gasteiger partial charge in [-0.15, -0.1) is 0 Å². The lowest BCUT2D eigenvalue weighted by molar-refractivity contribution is 0.0512. The lowest BCUT2D eigenvalue weighted by Gasteiger charge is -2.03. The minimum atomic E-state index is -0.466. The summed E-state index contributed by atoms with van der Waals surface area (Å²) in [6, 6.07) is 6.04. The van der Waals surface area contributed by atoms with Gasteiger partial charge in [-0.1, -0.05) is 0 Å². The smallest absolute Gasteiger partial charge is 0.356 e. The van der Waals surface area contributed by atoms with E-state index >= 15 is 0 Å². The maximum absolute atomic E-state index is 14.1. The zero-order valence-corrected chi connectivity index (χ0v) is 12.2. The van der Waals surface area contributed by atoms with Gasteiger partial charge in [-0.25, -0.2) is 9.18 Å². The molecule has 0 radical (unpaired) electrons. The summed E-state index contributed by atoms with van der Waals surface area (Å²) in [4.78, 5) is 11.9. The first-order chi connectivity index (χ1) is 10.1. The summed E-state index contributed by atoms with van der Waals surface area (Å²) in [7, 11) is 1.47. The van der Waals surface area contributed by atoms with Crippen LogP contribution in [0.4, 0.5) is 4.39 Å². The van der Waals surface area contributed by atoms with Crippen LogP contribution in [0.3, 0.4) is 0 Å². The zero-order valence-electron chi connectivity index (χ0n) is 12.2. The second-order valence-electron chi connectivity index (χ2n) is 4.30. The minimum Gasteiger partial charge on any atom is -0.497 e. The Morgan fingerprint density at radius 2 is 2.10 bits per heavy atom. The number of aromatic nitrogens is 2. The molecule has 6 heteroatoms. The summed E-state index contributed by atoms with van der Waals surface area (Å²) >= 11 is 0. The van der Waals surface area contributed by atoms with Crippen molar-refractivity contribution in [1.82, 2.24) is 9.78 Å². The van der Waals surface area contributed by atoms with Gasteiger partial charge in [-0.3, -0.25) is 4.68 Å². The molecule has 1 aromatic heterocycles. The SMILES string of the molecule is CCOC(=O)c1cc(-c2ccc(OC)cc2F)nn1CC. The number of carbonyl (C=O) groups excluding carboxylic acids is 1. The van der Waals surface area contributed by atoms with Crippen LogP contribution in [0.25, 0.3) is 11.3 Å². The number of benzene rings is 1. The fourth-order valence-electron chi connectivity index (χ4n) is 1.99. The quantitative estimate of drug-likeness (QED) is 0.795. The minimum absolute atomic E-state index is 0.278. The van der Waals surface area contributed by atoms with E-state index in [1.807, 2.05) is 6.92 Å². The third-order valence-electron chi connectivity index (χ3n) is 3.02. The molecule has 0 unspecified atom stereocenters. The molecule has 2 rings (SSSR count). The highest BCUT2D eigenvalue weighted by Gasteiger charge is 2.18. The highest BCUT2D eigenvalue weighted by molar-refractivity contribution is 5.89. The summed E-state index contributed by atoms with van der Waals surface area (Å²) in [5.41, 5.74) is 1.01. The standard InChI is InChI=1S/C15H17FN2O3/c1-4-18-14(15(19)21-5-2)9-13(17-18)11-7-6-10(20-3)8-12(11)16/h6-9H,4-5H2,1-3H3. The van der Waals surface area contributed by atoms with Gasteiger partial charge in [0, 0.05) is 18.2 Å². The molecular formula is C15H17FN2O3. The topological polar surface area (TPSA) is 53.4 Å². The van der Waals surface area contributed by atoms with Crippen molar-refractivity contribution in [2.75, 3.05) is 13.7 Å². The third kappa shape index (κ3) is 3.04. The van der Waals surface area contributed by atoms with Crippen molar-refractivity contribution in [2.45, 2.75) is 20.4 Å². The van der Waals surface area contributed by atoms with Gasteiger partial charge in [0.2, 0.25) is 0 Å². The number of nitrogens with zero attached hydrogens (tertiary/aromatic N) is 2. The second-order valence-corrected chi connectivity index (χ2v) is 4.30. The van der Waals surface area contributed by atoms with Gasteiger partial charge < -0.3 is 9.47 Å². The Balaban J connectivity index is 2.43. The van der Waals surface area contributed by atoms with E-state index in [0.29, 0.717) is 29.2 Å². The lowest BCUT2D eigenvalue weighted by atomic mass is 10.1. The van der Waals surface area contributed by atoms with E-state index in [1.165, 1.54) is 23.9 Å². The van der Waals surface area contributed by atoms with Crippen LogP contribution in [0, 0.1) is 5.82 Å². The molecule has 21 heavy (non-hydrogen) atoms. The number of carbonyl (C=O) groups is 1. The maximum Gasteiger partial charge on any atom is 0.356 e. The van der Waals surface area contributed by atoms with E-state index in [4.69, 9.17) is 9.47 Å². The van der Waals surface area contributed by atoms with Gasteiger partial charge in [0.15, 0.2) is 0 Å². The van der Waals surface area contributed by atoms with Crippen LogP contribution in [0.15, 0.2) is 24.3 Å². The molecule has 0 spiro atoms. The first-order valence-corrected chi connectivity index (χ1v) is 6.69. The summed E-state index contributed by atoms with van der Waals surface area (Å²) in [6.45, 7) is 4.35. The van der Waals surface area contributed by atoms with Crippen LogP contribution >= 0.6 is 0 Å². The second kappa shape index (κ2) is 6.39. The number of esters is 1. The Morgan fingerprint density at radius 1 is 1.33 bits per heavy atom. The monoisotopic (exact) mass is 292 g/mol. The molecule has 0 aliphatic rings. The predicted octanol–water partition coefficient (Wildman–Crippen LogP) is 2.89. The van der Waals surface area contributed by atoms with Crippen molar-refractivity contribution >= 4 is 5.97 Å². The Bertz CT molecular complexity index is 652. The molecule has 0 saturated heterocycles. The van der Waals surface area contributed by atoms with E-state index in [0.717, 1.165) is 0 Å². The Hall–Kier alpha value is -2.37. The van der Waals surface area contributed by atoms with Gasteiger partial charge >= 0.3 is 5.97 Å². The van der Waals surface area contributed by atoms with Gasteiger partial charge in [0.1, 0.15) is 17.3 Å². The predicted molar refractivity (Wildman–Crippen MR) is 75.8 cm³/mol. The van der Waals surface area contributed by atoms with Crippen LogP contribution in [-0.4, -0.2) is 29.5 Å². The van der Waals surface area contributed by atoms with Crippen LogP contribution < -0.4 is 4.74 Å². The average Bonchev–Trinajstić information content (AvgIpc) is 2.91. The van der Waals surface area contributed by atoms with Gasteiger partial charge in [0.05, 0.1) is 19.4 Å². The molecule has 0 saturated carbocycles. The van der Waals surface area contributed by atoms with Crippen LogP contribution in [0.5, 0.6) is 5.75 Å². The van der Waals surface area contributed by atoms with Gasteiger partial charge in [-0.05, 0) is 32.0 Å². The maximum atomic E-state index is 14.1. The molecule has 0 N–H and O–H groups in total. The number of methoxy groups -OCH3 is 1. The van der Waals surface area contributed by atoms with E-state index < -0.39 is 11.8 Å². The van der Waals surface area contributed by atoms with Crippen molar-refractivity contribution in [3.8, 4) is 17.0 Å². The summed E-state index contributed by atoms with van der Waals surface area (Å²) in [5, 5.41) is 4.25. The largest absolute Gasteiger partial charge is 0.497 e. The molecule has 0 fully saturated rings. The molecule has 1 aromatic carbocycles. The van der Waals surface area contributed by atoms with Crippen LogP contribution in [0.2, 0.25) is 0 Å². The van der Waals surface area contributed by atoms with Crippen molar-refractivity contribution < 1.29 is 18.7 Å². The third-order valence-corrected chi connectivity index (χ3v) is 3.02. The molecule has 112 valence electrons. The number of ether oxygens (including phenoxy) is 2. The van der Waals surface area contributed by atoms with E-state index in [2.05, 4.69) is 5.10 Å². The van der Waals surface area contributed by atoms with Crippen LogP contribution in [-0.2, 0) is 11.3 Å². The van der Waals surface area contributed by atoms with E-state index in [1.54, 1.807) is 19.1 Å². The zero-order chi connectivity index (χ0) is 15.4. The fraction of sp³-hybridized carbons (Fsp3) is 0.333. The van der Waals surface area contributed by atoms with Crippen LogP contribution in [0.1, 0.15) is 24.3 Å². The van der Waals surface area contributed by atoms with Crippen molar-refractivity contribution in [1.29, 1.82) is 0 Å². The lowest BCUT2D eigenvalue weighted by Crippen LogP contribution is -2.12. The molecule has 1 heterocycles. The van der Waals surface area contributed by atoms with E-state index in [-0.39, 0.29) is 6.61 Å². The molecule has 0 aliphatic heterocycles. The van der Waals surface area contributed by atoms with Crippen molar-refractivity contribution in [3.05, 3.63) is 35.8 Å². The first kappa shape index (κ1) is 15.0. The van der Waals surface area contributed by atoms with Crippen molar-refractivity contribution in [2.24, 2.45) is 0 Å². The van der Waals surface area contributed by atoms with Gasteiger partial charge in [-0.2, -0.15) is 5.10 Å². The summed E-state index contributed by atoms with van der Waals surface area (Å²) < 4.78 is 25.5. The Morgan fingerprint density at radius 3 is 2.67 bits per heavy atom. The molecular weight excluding hydrogens is 275 g/mol. The Labute approximate surface area is 122 Å². The summed E-state index contributed by atoms with van der Waals surface area (Å²) in [6.07, 6.45) is 0.